The second kappa shape index (κ2) is 3.24. The van der Waals surface area contributed by atoms with Crippen LogP contribution in [-0.4, -0.2) is 7.11 Å². The molecule has 0 aliphatic heterocycles. The van der Waals surface area contributed by atoms with Gasteiger partial charge in [0.05, 0.1) is 7.11 Å². The average molecular weight is 256 g/mol. The van der Waals surface area contributed by atoms with Crippen molar-refractivity contribution in [2.45, 2.75) is 25.3 Å². The number of halogens is 1. The minimum atomic E-state index is -0.157. The van der Waals surface area contributed by atoms with Crippen LogP contribution in [-0.2, 0) is 5.54 Å². The third kappa shape index (κ3) is 1.44. The summed E-state index contributed by atoms with van der Waals surface area (Å²) in [6.07, 6.45) is 2.09. The lowest BCUT2D eigenvalue weighted by atomic mass is 10.0. The van der Waals surface area contributed by atoms with Gasteiger partial charge < -0.3 is 10.5 Å². The van der Waals surface area contributed by atoms with Crippen LogP contribution < -0.4 is 10.5 Å². The number of benzene rings is 1. The molecule has 1 aromatic rings. The second-order valence-electron chi connectivity index (χ2n) is 3.93. The van der Waals surface area contributed by atoms with Crippen LogP contribution >= 0.6 is 15.9 Å². The number of rotatable bonds is 2. The molecule has 2 nitrogen and oxygen atoms in total. The third-order valence-electron chi connectivity index (χ3n) is 2.80. The molecular weight excluding hydrogens is 242 g/mol. The molecule has 76 valence electrons. The minimum absolute atomic E-state index is 0.157. The van der Waals surface area contributed by atoms with E-state index in [4.69, 9.17) is 10.5 Å². The van der Waals surface area contributed by atoms with E-state index in [0.29, 0.717) is 0 Å². The number of hydrogen-bond donors (Lipinski definition) is 1. The van der Waals surface area contributed by atoms with Crippen LogP contribution in [0.25, 0.3) is 0 Å². The molecule has 2 rings (SSSR count). The van der Waals surface area contributed by atoms with Gasteiger partial charge in [0.2, 0.25) is 0 Å². The Morgan fingerprint density at radius 1 is 1.43 bits per heavy atom. The van der Waals surface area contributed by atoms with Crippen molar-refractivity contribution in [3.8, 4) is 5.75 Å². The summed E-state index contributed by atoms with van der Waals surface area (Å²) < 4.78 is 6.43. The van der Waals surface area contributed by atoms with Gasteiger partial charge in [-0.25, -0.2) is 0 Å². The normalized spacial score (nSPS) is 18.0. The first-order valence-electron chi connectivity index (χ1n) is 4.71. The number of ether oxygens (including phenoxy) is 1. The van der Waals surface area contributed by atoms with Gasteiger partial charge in [-0.2, -0.15) is 0 Å². The Morgan fingerprint density at radius 2 is 2.07 bits per heavy atom. The largest absolute Gasteiger partial charge is 0.496 e. The van der Waals surface area contributed by atoms with Crippen LogP contribution in [0.1, 0.15) is 24.0 Å². The SMILES string of the molecule is COc1ccc(C)c(Br)c1C1(N)CC1. The van der Waals surface area contributed by atoms with E-state index in [-0.39, 0.29) is 5.54 Å². The molecule has 1 saturated carbocycles. The fourth-order valence-corrected chi connectivity index (χ4v) is 2.40. The first-order chi connectivity index (χ1) is 6.58. The first-order valence-corrected chi connectivity index (χ1v) is 5.50. The molecule has 1 aromatic carbocycles. The molecule has 0 bridgehead atoms. The van der Waals surface area contributed by atoms with Gasteiger partial charge in [-0.1, -0.05) is 22.0 Å². The number of hydrogen-bond acceptors (Lipinski definition) is 2. The fraction of sp³-hybridized carbons (Fsp3) is 0.455. The number of methoxy groups -OCH3 is 1. The first kappa shape index (κ1) is 9.99. The molecule has 0 heterocycles. The summed E-state index contributed by atoms with van der Waals surface area (Å²) in [6, 6.07) is 4.03. The summed E-state index contributed by atoms with van der Waals surface area (Å²) >= 11 is 3.59. The highest BCUT2D eigenvalue weighted by molar-refractivity contribution is 9.10. The minimum Gasteiger partial charge on any atom is -0.496 e. The summed E-state index contributed by atoms with van der Waals surface area (Å²) in [7, 11) is 1.69. The number of aryl methyl sites for hydroxylation is 1. The number of nitrogens with two attached hydrogens (primary N) is 1. The zero-order chi connectivity index (χ0) is 10.3. The van der Waals surface area contributed by atoms with Crippen molar-refractivity contribution in [2.75, 3.05) is 7.11 Å². The smallest absolute Gasteiger partial charge is 0.125 e. The van der Waals surface area contributed by atoms with E-state index in [9.17, 15) is 0 Å². The lowest BCUT2D eigenvalue weighted by molar-refractivity contribution is 0.403. The quantitative estimate of drug-likeness (QED) is 0.882. The third-order valence-corrected chi connectivity index (χ3v) is 3.83. The van der Waals surface area contributed by atoms with Crippen LogP contribution in [0.2, 0.25) is 0 Å². The maximum atomic E-state index is 6.20. The molecule has 0 spiro atoms. The Labute approximate surface area is 92.6 Å². The fourth-order valence-electron chi connectivity index (χ4n) is 1.68. The van der Waals surface area contributed by atoms with Crippen molar-refractivity contribution >= 4 is 15.9 Å². The molecule has 1 aliphatic carbocycles. The summed E-state index contributed by atoms with van der Waals surface area (Å²) in [5.41, 5.74) is 8.38. The summed E-state index contributed by atoms with van der Waals surface area (Å²) in [4.78, 5) is 0. The predicted octanol–water partition coefficient (Wildman–Crippen LogP) is 2.71. The van der Waals surface area contributed by atoms with Crippen LogP contribution in [0.3, 0.4) is 0 Å². The van der Waals surface area contributed by atoms with Crippen molar-refractivity contribution < 1.29 is 4.74 Å². The Balaban J connectivity index is 2.59. The van der Waals surface area contributed by atoms with Gasteiger partial charge >= 0.3 is 0 Å². The van der Waals surface area contributed by atoms with E-state index in [1.54, 1.807) is 7.11 Å². The molecule has 2 N–H and O–H groups in total. The van der Waals surface area contributed by atoms with Crippen LogP contribution in [0.4, 0.5) is 0 Å². The Bertz CT molecular complexity index is 372. The lowest BCUT2D eigenvalue weighted by Crippen LogP contribution is -2.20. The predicted molar refractivity (Wildman–Crippen MR) is 60.5 cm³/mol. The van der Waals surface area contributed by atoms with Crippen molar-refractivity contribution in [3.63, 3.8) is 0 Å². The summed E-state index contributed by atoms with van der Waals surface area (Å²) in [5, 5.41) is 0. The monoisotopic (exact) mass is 255 g/mol. The molecular formula is C11H14BrNO. The van der Waals surface area contributed by atoms with E-state index in [1.165, 1.54) is 5.56 Å². The zero-order valence-corrected chi connectivity index (χ0v) is 10.0. The van der Waals surface area contributed by atoms with Gasteiger partial charge in [0.25, 0.3) is 0 Å². The molecule has 0 unspecified atom stereocenters. The summed E-state index contributed by atoms with van der Waals surface area (Å²) in [5.74, 6) is 0.891. The maximum absolute atomic E-state index is 6.20. The van der Waals surface area contributed by atoms with Crippen LogP contribution in [0.5, 0.6) is 5.75 Å². The van der Waals surface area contributed by atoms with Crippen LogP contribution in [0.15, 0.2) is 16.6 Å². The highest BCUT2D eigenvalue weighted by atomic mass is 79.9. The zero-order valence-electron chi connectivity index (χ0n) is 8.43. The molecule has 1 fully saturated rings. The molecule has 0 radical (unpaired) electrons. The van der Waals surface area contributed by atoms with Crippen molar-refractivity contribution in [1.82, 2.24) is 0 Å². The van der Waals surface area contributed by atoms with E-state index in [0.717, 1.165) is 28.6 Å². The van der Waals surface area contributed by atoms with Gasteiger partial charge in [0.1, 0.15) is 5.75 Å². The van der Waals surface area contributed by atoms with Gasteiger partial charge in [0, 0.05) is 15.6 Å². The molecule has 14 heavy (non-hydrogen) atoms. The van der Waals surface area contributed by atoms with Crippen molar-refractivity contribution in [3.05, 3.63) is 27.7 Å². The maximum Gasteiger partial charge on any atom is 0.125 e. The lowest BCUT2D eigenvalue weighted by Gasteiger charge is -2.17. The van der Waals surface area contributed by atoms with Crippen molar-refractivity contribution in [1.29, 1.82) is 0 Å². The highest BCUT2D eigenvalue weighted by Crippen LogP contribution is 2.50. The van der Waals surface area contributed by atoms with E-state index < -0.39 is 0 Å². The van der Waals surface area contributed by atoms with Gasteiger partial charge in [-0.05, 0) is 31.4 Å². The molecule has 1 aliphatic rings. The molecule has 3 heteroatoms. The Morgan fingerprint density at radius 3 is 2.57 bits per heavy atom. The molecule has 0 saturated heterocycles. The van der Waals surface area contributed by atoms with E-state index in [2.05, 4.69) is 22.9 Å². The molecule has 0 amide bonds. The average Bonchev–Trinajstić information content (AvgIpc) is 2.89. The Hall–Kier alpha value is -0.540. The van der Waals surface area contributed by atoms with Crippen LogP contribution in [0, 0.1) is 6.92 Å². The molecule has 0 aromatic heterocycles. The standard InChI is InChI=1S/C11H14BrNO/c1-7-3-4-8(14-2)9(10(7)12)11(13)5-6-11/h3-4H,5-6,13H2,1-2H3. The highest BCUT2D eigenvalue weighted by Gasteiger charge is 2.43. The van der Waals surface area contributed by atoms with Gasteiger partial charge in [0.15, 0.2) is 0 Å². The Kier molecular flexibility index (Phi) is 2.32. The van der Waals surface area contributed by atoms with E-state index in [1.807, 2.05) is 12.1 Å². The summed E-state index contributed by atoms with van der Waals surface area (Å²) in [6.45, 7) is 2.07. The molecule has 0 atom stereocenters. The second-order valence-corrected chi connectivity index (χ2v) is 4.72. The van der Waals surface area contributed by atoms with E-state index >= 15 is 0 Å². The van der Waals surface area contributed by atoms with Gasteiger partial charge in [-0.15, -0.1) is 0 Å². The topological polar surface area (TPSA) is 35.2 Å². The van der Waals surface area contributed by atoms with Gasteiger partial charge in [-0.3, -0.25) is 0 Å². The van der Waals surface area contributed by atoms with Crippen molar-refractivity contribution in [2.24, 2.45) is 5.73 Å².